The molecule has 1 heterocycles. The van der Waals surface area contributed by atoms with Gasteiger partial charge in [0, 0.05) is 25.2 Å². The normalized spacial score (nSPS) is 15.7. The van der Waals surface area contributed by atoms with Gasteiger partial charge in [-0.05, 0) is 57.0 Å². The van der Waals surface area contributed by atoms with Gasteiger partial charge in [-0.15, -0.1) is 0 Å². The molecule has 1 unspecified atom stereocenters. The zero-order valence-corrected chi connectivity index (χ0v) is 18.8. The Hall–Kier alpha value is -2.92. The summed E-state index contributed by atoms with van der Waals surface area (Å²) in [5, 5.41) is 10.5. The molecule has 1 aliphatic rings. The molecule has 0 spiro atoms. The number of benzene rings is 2. The van der Waals surface area contributed by atoms with Crippen LogP contribution in [0.15, 0.2) is 54.6 Å². The molecule has 4 rings (SSSR count). The summed E-state index contributed by atoms with van der Waals surface area (Å²) in [4.78, 5) is 14.6. The molecule has 5 heteroatoms. The zero-order valence-electron chi connectivity index (χ0n) is 18.8. The molecule has 0 radical (unpaired) electrons. The number of nitrogens with zero attached hydrogens (tertiary/aromatic N) is 4. The first-order chi connectivity index (χ1) is 15.0. The molecule has 0 saturated carbocycles. The van der Waals surface area contributed by atoms with E-state index in [1.807, 2.05) is 18.2 Å². The van der Waals surface area contributed by atoms with Gasteiger partial charge in [0.2, 0.25) is 0 Å². The predicted molar refractivity (Wildman–Crippen MR) is 126 cm³/mol. The number of hydrogen-bond acceptors (Lipinski definition) is 5. The van der Waals surface area contributed by atoms with Gasteiger partial charge in [-0.3, -0.25) is 0 Å². The lowest BCUT2D eigenvalue weighted by molar-refractivity contribution is 0.411. The van der Waals surface area contributed by atoms with E-state index < -0.39 is 0 Å². The first-order valence-electron chi connectivity index (χ1n) is 11.1. The minimum absolute atomic E-state index is 0.222. The second-order valence-electron chi connectivity index (χ2n) is 8.87. The van der Waals surface area contributed by atoms with Crippen molar-refractivity contribution in [2.75, 3.05) is 32.1 Å². The summed E-state index contributed by atoms with van der Waals surface area (Å²) in [5.74, 6) is 2.46. The summed E-state index contributed by atoms with van der Waals surface area (Å²) < 4.78 is 0. The van der Waals surface area contributed by atoms with E-state index in [1.54, 1.807) is 6.07 Å². The van der Waals surface area contributed by atoms with Crippen LogP contribution < -0.4 is 4.90 Å². The topological polar surface area (TPSA) is 52.5 Å². The van der Waals surface area contributed by atoms with Crippen molar-refractivity contribution in [1.29, 1.82) is 0 Å². The molecule has 0 aliphatic heterocycles. The zero-order chi connectivity index (χ0) is 21.8. The smallest absolute Gasteiger partial charge is 0.165 e. The van der Waals surface area contributed by atoms with Crippen molar-refractivity contribution in [3.8, 4) is 17.1 Å². The van der Waals surface area contributed by atoms with Crippen LogP contribution in [0.25, 0.3) is 11.4 Å². The van der Waals surface area contributed by atoms with Gasteiger partial charge in [0.1, 0.15) is 11.6 Å². The Morgan fingerprint density at radius 2 is 1.71 bits per heavy atom. The molecule has 1 aromatic heterocycles. The molecule has 1 N–H and O–H groups in total. The van der Waals surface area contributed by atoms with Crippen LogP contribution in [0, 0.1) is 5.92 Å². The Morgan fingerprint density at radius 1 is 0.968 bits per heavy atom. The molecule has 0 saturated heterocycles. The van der Waals surface area contributed by atoms with Crippen LogP contribution in [0.3, 0.4) is 0 Å². The van der Waals surface area contributed by atoms with Crippen molar-refractivity contribution in [1.82, 2.24) is 14.9 Å². The van der Waals surface area contributed by atoms with E-state index in [2.05, 4.69) is 61.2 Å². The van der Waals surface area contributed by atoms with Gasteiger partial charge in [-0.25, -0.2) is 9.97 Å². The van der Waals surface area contributed by atoms with E-state index in [9.17, 15) is 5.11 Å². The van der Waals surface area contributed by atoms with Gasteiger partial charge in [0.15, 0.2) is 5.82 Å². The standard InChI is InChI=1S/C26H32N4O/c1-19-13-14-21-23(17-19)27-25(22-11-7-8-12-24(22)31)28-26(21)30(16-15-29(2)3)18-20-9-5-4-6-10-20/h4-12,19,31H,13-18H2,1-3H3. The maximum atomic E-state index is 10.5. The molecule has 0 fully saturated rings. The van der Waals surface area contributed by atoms with Crippen molar-refractivity contribution in [2.24, 2.45) is 5.92 Å². The van der Waals surface area contributed by atoms with Gasteiger partial charge in [0.05, 0.1) is 11.3 Å². The number of phenolic OH excluding ortho intramolecular Hbond substituents is 1. The summed E-state index contributed by atoms with van der Waals surface area (Å²) in [6.07, 6.45) is 3.12. The fourth-order valence-electron chi connectivity index (χ4n) is 4.19. The lowest BCUT2D eigenvalue weighted by Gasteiger charge is -2.31. The second-order valence-corrected chi connectivity index (χ2v) is 8.87. The molecule has 5 nitrogen and oxygen atoms in total. The fourth-order valence-corrected chi connectivity index (χ4v) is 4.19. The molecule has 162 valence electrons. The SMILES string of the molecule is CC1CCc2c(nc(-c3ccccc3O)nc2N(CCN(C)C)Cc2ccccc2)C1. The van der Waals surface area contributed by atoms with Gasteiger partial charge < -0.3 is 14.9 Å². The number of fused-ring (bicyclic) bond motifs is 1. The average Bonchev–Trinajstić information content (AvgIpc) is 2.76. The van der Waals surface area contributed by atoms with Crippen LogP contribution in [0.4, 0.5) is 5.82 Å². The highest BCUT2D eigenvalue weighted by Crippen LogP contribution is 2.35. The summed E-state index contributed by atoms with van der Waals surface area (Å²) in [6, 6.07) is 17.9. The number of anilines is 1. The summed E-state index contributed by atoms with van der Waals surface area (Å²) >= 11 is 0. The van der Waals surface area contributed by atoms with Crippen molar-refractivity contribution in [3.63, 3.8) is 0 Å². The van der Waals surface area contributed by atoms with Gasteiger partial charge in [0.25, 0.3) is 0 Å². The third kappa shape index (κ3) is 5.05. The molecular weight excluding hydrogens is 384 g/mol. The van der Waals surface area contributed by atoms with Crippen LogP contribution in [-0.4, -0.2) is 47.2 Å². The Morgan fingerprint density at radius 3 is 2.45 bits per heavy atom. The number of hydrogen-bond donors (Lipinski definition) is 1. The molecule has 0 amide bonds. The van der Waals surface area contributed by atoms with Crippen molar-refractivity contribution in [3.05, 3.63) is 71.4 Å². The third-order valence-electron chi connectivity index (χ3n) is 5.98. The van der Waals surface area contributed by atoms with Crippen LogP contribution in [-0.2, 0) is 19.4 Å². The highest BCUT2D eigenvalue weighted by atomic mass is 16.3. The lowest BCUT2D eigenvalue weighted by Crippen LogP contribution is -2.33. The van der Waals surface area contributed by atoms with Gasteiger partial charge >= 0.3 is 0 Å². The van der Waals surface area contributed by atoms with Crippen LogP contribution >= 0.6 is 0 Å². The number of phenols is 1. The van der Waals surface area contributed by atoms with Crippen LogP contribution in [0.2, 0.25) is 0 Å². The third-order valence-corrected chi connectivity index (χ3v) is 5.98. The van der Waals surface area contributed by atoms with Gasteiger partial charge in [-0.1, -0.05) is 49.4 Å². The van der Waals surface area contributed by atoms with E-state index in [-0.39, 0.29) is 5.75 Å². The molecule has 3 aromatic rings. The van der Waals surface area contributed by atoms with Crippen molar-refractivity contribution >= 4 is 5.82 Å². The number of aromatic nitrogens is 2. The van der Waals surface area contributed by atoms with Crippen molar-refractivity contribution < 1.29 is 5.11 Å². The fraction of sp³-hybridized carbons (Fsp3) is 0.385. The largest absolute Gasteiger partial charge is 0.507 e. The molecule has 1 aliphatic carbocycles. The monoisotopic (exact) mass is 416 g/mol. The lowest BCUT2D eigenvalue weighted by atomic mass is 9.88. The summed E-state index contributed by atoms with van der Waals surface area (Å²) in [5.41, 5.74) is 4.36. The highest BCUT2D eigenvalue weighted by Gasteiger charge is 2.25. The highest BCUT2D eigenvalue weighted by molar-refractivity contribution is 5.66. The minimum atomic E-state index is 0.222. The second kappa shape index (κ2) is 9.48. The summed E-state index contributed by atoms with van der Waals surface area (Å²) in [6.45, 7) is 4.90. The number of rotatable bonds is 7. The molecule has 31 heavy (non-hydrogen) atoms. The van der Waals surface area contributed by atoms with Crippen molar-refractivity contribution in [2.45, 2.75) is 32.7 Å². The van der Waals surface area contributed by atoms with E-state index in [0.717, 1.165) is 50.4 Å². The molecule has 1 atom stereocenters. The van der Waals surface area contributed by atoms with E-state index in [0.29, 0.717) is 17.3 Å². The van der Waals surface area contributed by atoms with Gasteiger partial charge in [-0.2, -0.15) is 0 Å². The minimum Gasteiger partial charge on any atom is -0.507 e. The Kier molecular flexibility index (Phi) is 6.52. The average molecular weight is 417 g/mol. The number of aromatic hydroxyl groups is 1. The van der Waals surface area contributed by atoms with E-state index >= 15 is 0 Å². The Balaban J connectivity index is 1.81. The first kappa shape index (κ1) is 21.3. The first-order valence-corrected chi connectivity index (χ1v) is 11.1. The van der Waals surface area contributed by atoms with E-state index in [4.69, 9.17) is 9.97 Å². The Labute approximate surface area is 185 Å². The maximum absolute atomic E-state index is 10.5. The molecule has 0 bridgehead atoms. The van der Waals surface area contributed by atoms with Crippen LogP contribution in [0.1, 0.15) is 30.2 Å². The van der Waals surface area contributed by atoms with E-state index in [1.165, 1.54) is 11.1 Å². The molecular formula is C26H32N4O. The summed E-state index contributed by atoms with van der Waals surface area (Å²) in [7, 11) is 4.20. The number of likely N-dealkylation sites (N-methyl/N-ethyl adjacent to an activating group) is 1. The Bertz CT molecular complexity index is 1020. The molecule has 2 aromatic carbocycles. The quantitative estimate of drug-likeness (QED) is 0.613. The maximum Gasteiger partial charge on any atom is 0.165 e. The predicted octanol–water partition coefficient (Wildman–Crippen LogP) is 4.54. The number of para-hydroxylation sites is 1. The van der Waals surface area contributed by atoms with Crippen LogP contribution in [0.5, 0.6) is 5.75 Å².